The maximum Gasteiger partial charge on any atom is 0.343 e. The van der Waals surface area contributed by atoms with E-state index in [-0.39, 0.29) is 16.7 Å². The largest absolute Gasteiger partial charge is 0.497 e. The Kier molecular flexibility index (Phi) is 6.60. The molecule has 0 atom stereocenters. The summed E-state index contributed by atoms with van der Waals surface area (Å²) in [5.41, 5.74) is 3.94. The zero-order chi connectivity index (χ0) is 20.6. The lowest BCUT2D eigenvalue weighted by Crippen LogP contribution is -2.17. The Labute approximate surface area is 172 Å². The van der Waals surface area contributed by atoms with Crippen LogP contribution >= 0.6 is 11.6 Å². The van der Waals surface area contributed by atoms with Crippen LogP contribution in [0.4, 0.5) is 0 Å². The zero-order valence-electron chi connectivity index (χ0n) is 15.5. The first-order valence-corrected chi connectivity index (χ1v) is 8.99. The molecule has 6 nitrogen and oxygen atoms in total. The second-order valence-electron chi connectivity index (χ2n) is 5.87. The van der Waals surface area contributed by atoms with Crippen LogP contribution in [0.15, 0.2) is 77.9 Å². The van der Waals surface area contributed by atoms with Crippen LogP contribution in [-0.2, 0) is 0 Å². The molecule has 7 heteroatoms. The van der Waals surface area contributed by atoms with E-state index < -0.39 is 5.97 Å². The van der Waals surface area contributed by atoms with Crippen molar-refractivity contribution in [3.05, 3.63) is 94.5 Å². The summed E-state index contributed by atoms with van der Waals surface area (Å²) in [6.45, 7) is 0. The fraction of sp³-hybridized carbons (Fsp3) is 0.0455. The molecule has 146 valence electrons. The highest BCUT2D eigenvalue weighted by atomic mass is 35.5. The smallest absolute Gasteiger partial charge is 0.343 e. The van der Waals surface area contributed by atoms with E-state index in [9.17, 15) is 9.59 Å². The van der Waals surface area contributed by atoms with Crippen LogP contribution in [0.3, 0.4) is 0 Å². The van der Waals surface area contributed by atoms with Gasteiger partial charge in [0.15, 0.2) is 0 Å². The van der Waals surface area contributed by atoms with Gasteiger partial charge in [-0.25, -0.2) is 10.2 Å². The number of benzene rings is 3. The van der Waals surface area contributed by atoms with Crippen molar-refractivity contribution in [1.82, 2.24) is 5.43 Å². The summed E-state index contributed by atoms with van der Waals surface area (Å²) >= 11 is 6.20. The van der Waals surface area contributed by atoms with Crippen molar-refractivity contribution in [3.63, 3.8) is 0 Å². The quantitative estimate of drug-likeness (QED) is 0.285. The molecule has 0 heterocycles. The number of nitrogens with zero attached hydrogens (tertiary/aromatic N) is 1. The first kappa shape index (κ1) is 20.1. The number of rotatable bonds is 6. The van der Waals surface area contributed by atoms with Crippen LogP contribution in [-0.4, -0.2) is 25.2 Å². The topological polar surface area (TPSA) is 77.0 Å². The predicted molar refractivity (Wildman–Crippen MR) is 111 cm³/mol. The third kappa shape index (κ3) is 5.43. The number of carbonyl (C=O) groups excluding carboxylic acids is 2. The van der Waals surface area contributed by atoms with Gasteiger partial charge in [-0.1, -0.05) is 29.8 Å². The lowest BCUT2D eigenvalue weighted by atomic mass is 10.2. The molecule has 29 heavy (non-hydrogen) atoms. The Bertz CT molecular complexity index is 1030. The Morgan fingerprint density at radius 1 is 0.966 bits per heavy atom. The predicted octanol–water partition coefficient (Wildman–Crippen LogP) is 4.33. The molecule has 3 rings (SSSR count). The summed E-state index contributed by atoms with van der Waals surface area (Å²) in [6.07, 6.45) is 1.45. The molecular weight excluding hydrogens is 392 g/mol. The van der Waals surface area contributed by atoms with Crippen LogP contribution in [0.1, 0.15) is 26.3 Å². The first-order chi connectivity index (χ1) is 14.1. The second kappa shape index (κ2) is 9.52. The van der Waals surface area contributed by atoms with Gasteiger partial charge in [0.1, 0.15) is 11.5 Å². The second-order valence-corrected chi connectivity index (χ2v) is 6.28. The fourth-order valence-corrected chi connectivity index (χ4v) is 2.61. The molecule has 0 saturated heterocycles. The summed E-state index contributed by atoms with van der Waals surface area (Å²) in [5, 5.41) is 4.15. The number of methoxy groups -OCH3 is 1. The van der Waals surface area contributed by atoms with E-state index in [1.165, 1.54) is 6.21 Å². The Hall–Kier alpha value is -3.64. The van der Waals surface area contributed by atoms with E-state index >= 15 is 0 Å². The minimum absolute atomic E-state index is 0.220. The van der Waals surface area contributed by atoms with E-state index in [2.05, 4.69) is 10.5 Å². The minimum atomic E-state index is -0.536. The van der Waals surface area contributed by atoms with Gasteiger partial charge in [0, 0.05) is 5.56 Å². The summed E-state index contributed by atoms with van der Waals surface area (Å²) in [5.74, 6) is 0.00428. The van der Waals surface area contributed by atoms with Crippen LogP contribution in [0.5, 0.6) is 11.5 Å². The van der Waals surface area contributed by atoms with Crippen molar-refractivity contribution in [2.24, 2.45) is 5.10 Å². The maximum absolute atomic E-state index is 12.2. The van der Waals surface area contributed by atoms with Gasteiger partial charge in [0.05, 0.1) is 23.9 Å². The lowest BCUT2D eigenvalue weighted by Gasteiger charge is -2.07. The number of nitrogens with one attached hydrogen (secondary N) is 1. The SMILES string of the molecule is COc1ccc(C(=O)Oc2ccc(C=NNC(=O)c3ccccc3)cc2Cl)cc1. The average molecular weight is 409 g/mol. The molecule has 0 bridgehead atoms. The number of hydrogen-bond donors (Lipinski definition) is 1. The molecule has 0 spiro atoms. The first-order valence-electron chi connectivity index (χ1n) is 8.61. The normalized spacial score (nSPS) is 10.6. The van der Waals surface area contributed by atoms with Crippen molar-refractivity contribution >= 4 is 29.7 Å². The summed E-state index contributed by atoms with van der Waals surface area (Å²) in [7, 11) is 1.55. The third-order valence-electron chi connectivity index (χ3n) is 3.90. The average Bonchev–Trinajstić information content (AvgIpc) is 2.76. The van der Waals surface area contributed by atoms with Crippen molar-refractivity contribution in [2.75, 3.05) is 7.11 Å². The number of hydrazone groups is 1. The number of amides is 1. The number of hydrogen-bond acceptors (Lipinski definition) is 5. The molecule has 0 radical (unpaired) electrons. The van der Waals surface area contributed by atoms with E-state index in [4.69, 9.17) is 21.1 Å². The van der Waals surface area contributed by atoms with Gasteiger partial charge < -0.3 is 9.47 Å². The highest BCUT2D eigenvalue weighted by molar-refractivity contribution is 6.32. The lowest BCUT2D eigenvalue weighted by molar-refractivity contribution is 0.0734. The number of halogens is 1. The highest BCUT2D eigenvalue weighted by Crippen LogP contribution is 2.26. The van der Waals surface area contributed by atoms with Gasteiger partial charge >= 0.3 is 5.97 Å². The Morgan fingerprint density at radius 3 is 2.34 bits per heavy atom. The van der Waals surface area contributed by atoms with Crippen LogP contribution in [0, 0.1) is 0 Å². The Morgan fingerprint density at radius 2 is 1.69 bits per heavy atom. The maximum atomic E-state index is 12.2. The van der Waals surface area contributed by atoms with E-state index in [0.29, 0.717) is 22.4 Å². The minimum Gasteiger partial charge on any atom is -0.497 e. The van der Waals surface area contributed by atoms with Crippen LogP contribution < -0.4 is 14.9 Å². The molecule has 3 aromatic rings. The molecular formula is C22H17ClN2O4. The summed E-state index contributed by atoms with van der Waals surface area (Å²) in [6, 6.07) is 20.1. The number of esters is 1. The van der Waals surface area contributed by atoms with Gasteiger partial charge in [-0.3, -0.25) is 4.79 Å². The van der Waals surface area contributed by atoms with E-state index in [1.807, 2.05) is 6.07 Å². The monoisotopic (exact) mass is 408 g/mol. The summed E-state index contributed by atoms with van der Waals surface area (Å²) < 4.78 is 10.4. The van der Waals surface area contributed by atoms with Crippen molar-refractivity contribution in [1.29, 1.82) is 0 Å². The molecule has 0 aliphatic carbocycles. The van der Waals surface area contributed by atoms with Gasteiger partial charge in [0.25, 0.3) is 5.91 Å². The third-order valence-corrected chi connectivity index (χ3v) is 4.20. The van der Waals surface area contributed by atoms with Crippen LogP contribution in [0.25, 0.3) is 0 Å². The number of ether oxygens (including phenoxy) is 2. The van der Waals surface area contributed by atoms with E-state index in [0.717, 1.165) is 0 Å². The Balaban J connectivity index is 1.62. The molecule has 1 N–H and O–H groups in total. The molecule has 0 saturated carbocycles. The van der Waals surface area contributed by atoms with Gasteiger partial charge in [-0.15, -0.1) is 0 Å². The number of carbonyl (C=O) groups is 2. The standard InChI is InChI=1S/C22H17ClN2O4/c1-28-18-10-8-17(9-11-18)22(27)29-20-12-7-15(13-19(20)23)14-24-25-21(26)16-5-3-2-4-6-16/h2-14H,1H3,(H,25,26). The highest BCUT2D eigenvalue weighted by Gasteiger charge is 2.11. The molecule has 3 aromatic carbocycles. The molecule has 0 aliphatic rings. The summed E-state index contributed by atoms with van der Waals surface area (Å²) in [4.78, 5) is 24.2. The molecule has 0 fully saturated rings. The van der Waals surface area contributed by atoms with Crippen molar-refractivity contribution in [3.8, 4) is 11.5 Å². The van der Waals surface area contributed by atoms with Crippen molar-refractivity contribution < 1.29 is 19.1 Å². The molecule has 1 amide bonds. The molecule has 0 aliphatic heterocycles. The van der Waals surface area contributed by atoms with Gasteiger partial charge in [0.2, 0.25) is 0 Å². The molecule has 0 aromatic heterocycles. The van der Waals surface area contributed by atoms with E-state index in [1.54, 1.807) is 73.8 Å². The van der Waals surface area contributed by atoms with Gasteiger partial charge in [-0.05, 0) is 60.2 Å². The fourth-order valence-electron chi connectivity index (χ4n) is 2.39. The van der Waals surface area contributed by atoms with Crippen molar-refractivity contribution in [2.45, 2.75) is 0 Å². The van der Waals surface area contributed by atoms with Crippen LogP contribution in [0.2, 0.25) is 5.02 Å². The zero-order valence-corrected chi connectivity index (χ0v) is 16.2. The molecule has 0 unspecified atom stereocenters. The van der Waals surface area contributed by atoms with Gasteiger partial charge in [-0.2, -0.15) is 5.10 Å².